The maximum Gasteiger partial charge on any atom is 0.338 e. The van der Waals surface area contributed by atoms with Crippen LogP contribution in [0.2, 0.25) is 0 Å². The third-order valence-corrected chi connectivity index (χ3v) is 4.11. The van der Waals surface area contributed by atoms with Crippen LogP contribution < -0.4 is 15.4 Å². The van der Waals surface area contributed by atoms with Crippen LogP contribution in [-0.2, 0) is 9.53 Å². The molecule has 0 aliphatic carbocycles. The van der Waals surface area contributed by atoms with Gasteiger partial charge in [-0.1, -0.05) is 12.1 Å². The van der Waals surface area contributed by atoms with E-state index in [1.165, 1.54) is 6.20 Å². The first kappa shape index (κ1) is 21.5. The second-order valence-corrected chi connectivity index (χ2v) is 6.08. The Morgan fingerprint density at radius 1 is 1.14 bits per heavy atom. The molecule has 0 spiro atoms. The van der Waals surface area contributed by atoms with Gasteiger partial charge >= 0.3 is 5.97 Å². The van der Waals surface area contributed by atoms with Crippen molar-refractivity contribution < 1.29 is 19.1 Å². The number of hydrogen-bond acceptors (Lipinski definition) is 6. The molecule has 1 atom stereocenters. The van der Waals surface area contributed by atoms with E-state index in [9.17, 15) is 14.9 Å². The summed E-state index contributed by atoms with van der Waals surface area (Å²) >= 11 is 0. The average molecular weight is 393 g/mol. The van der Waals surface area contributed by atoms with Gasteiger partial charge in [-0.3, -0.25) is 4.79 Å². The summed E-state index contributed by atoms with van der Waals surface area (Å²) in [5.74, 6) is -0.229. The van der Waals surface area contributed by atoms with E-state index in [0.717, 1.165) is 11.3 Å². The molecule has 0 fully saturated rings. The first-order chi connectivity index (χ1) is 14.0. The van der Waals surface area contributed by atoms with Crippen molar-refractivity contribution in [2.75, 3.05) is 19.0 Å². The van der Waals surface area contributed by atoms with E-state index in [1.54, 1.807) is 38.3 Å². The Kier molecular flexibility index (Phi) is 7.80. The molecule has 150 valence electrons. The normalized spacial score (nSPS) is 11.7. The Labute approximate surface area is 169 Å². The molecule has 0 aliphatic rings. The molecule has 0 aromatic heterocycles. The minimum absolute atomic E-state index is 0.0696. The topological polar surface area (TPSA) is 100 Å². The number of benzene rings is 2. The van der Waals surface area contributed by atoms with Gasteiger partial charge in [-0.25, -0.2) is 4.79 Å². The number of carbonyl (C=O) groups excluding carboxylic acids is 2. The zero-order valence-corrected chi connectivity index (χ0v) is 16.6. The van der Waals surface area contributed by atoms with Crippen molar-refractivity contribution >= 4 is 17.6 Å². The number of esters is 1. The van der Waals surface area contributed by atoms with Crippen LogP contribution in [0.1, 0.15) is 35.8 Å². The molecule has 0 bridgehead atoms. The van der Waals surface area contributed by atoms with Crippen molar-refractivity contribution in [3.05, 3.63) is 71.4 Å². The monoisotopic (exact) mass is 393 g/mol. The second kappa shape index (κ2) is 10.5. The van der Waals surface area contributed by atoms with Gasteiger partial charge in [0.25, 0.3) is 5.91 Å². The summed E-state index contributed by atoms with van der Waals surface area (Å²) in [5.41, 5.74) is 1.76. The highest BCUT2D eigenvalue weighted by Crippen LogP contribution is 2.17. The standard InChI is InChI=1S/C22H23N3O4/c1-4-29-22(27)17-5-9-19(10-6-17)25-21(26)18(13-23)14-24-15(2)16-7-11-20(28-3)12-8-16/h5-12,14-15,24H,4H2,1-3H3,(H,25,26)/b18-14-. The lowest BCUT2D eigenvalue weighted by molar-refractivity contribution is -0.112. The van der Waals surface area contributed by atoms with Crippen LogP contribution in [0.3, 0.4) is 0 Å². The van der Waals surface area contributed by atoms with Gasteiger partial charge in [0.1, 0.15) is 17.4 Å². The number of anilines is 1. The summed E-state index contributed by atoms with van der Waals surface area (Å²) in [7, 11) is 1.60. The molecule has 1 amide bonds. The van der Waals surface area contributed by atoms with Crippen LogP contribution in [0.25, 0.3) is 0 Å². The SMILES string of the molecule is CCOC(=O)c1ccc(NC(=O)/C(C#N)=C\NC(C)c2ccc(OC)cc2)cc1. The van der Waals surface area contributed by atoms with Gasteiger partial charge < -0.3 is 20.1 Å². The van der Waals surface area contributed by atoms with Crippen LogP contribution in [-0.4, -0.2) is 25.6 Å². The Bertz CT molecular complexity index is 913. The van der Waals surface area contributed by atoms with Gasteiger partial charge in [-0.05, 0) is 55.8 Å². The molecule has 0 saturated heterocycles. The summed E-state index contributed by atoms with van der Waals surface area (Å²) in [6, 6.07) is 15.5. The van der Waals surface area contributed by atoms with Crippen molar-refractivity contribution in [1.29, 1.82) is 5.26 Å². The lowest BCUT2D eigenvalue weighted by Crippen LogP contribution is -2.18. The third-order valence-electron chi connectivity index (χ3n) is 4.11. The summed E-state index contributed by atoms with van der Waals surface area (Å²) in [6.45, 7) is 3.93. The third kappa shape index (κ3) is 6.11. The van der Waals surface area contributed by atoms with Crippen LogP contribution in [0.4, 0.5) is 5.69 Å². The Balaban J connectivity index is 2.00. The fourth-order valence-corrected chi connectivity index (χ4v) is 2.45. The Morgan fingerprint density at radius 3 is 2.34 bits per heavy atom. The number of carbonyl (C=O) groups is 2. The highest BCUT2D eigenvalue weighted by molar-refractivity contribution is 6.06. The first-order valence-electron chi connectivity index (χ1n) is 9.07. The number of rotatable bonds is 8. The largest absolute Gasteiger partial charge is 0.497 e. The van der Waals surface area contributed by atoms with Crippen molar-refractivity contribution in [3.63, 3.8) is 0 Å². The molecule has 29 heavy (non-hydrogen) atoms. The highest BCUT2D eigenvalue weighted by atomic mass is 16.5. The molecule has 7 nitrogen and oxygen atoms in total. The molecule has 0 heterocycles. The van der Waals surface area contributed by atoms with E-state index in [4.69, 9.17) is 9.47 Å². The van der Waals surface area contributed by atoms with E-state index in [1.807, 2.05) is 37.3 Å². The van der Waals surface area contributed by atoms with E-state index in [-0.39, 0.29) is 18.2 Å². The lowest BCUT2D eigenvalue weighted by Gasteiger charge is -2.13. The number of nitriles is 1. The van der Waals surface area contributed by atoms with Crippen LogP contribution in [0, 0.1) is 11.3 Å². The fourth-order valence-electron chi connectivity index (χ4n) is 2.45. The number of methoxy groups -OCH3 is 1. The minimum atomic E-state index is -0.550. The molecule has 0 aliphatic heterocycles. The van der Waals surface area contributed by atoms with Crippen molar-refractivity contribution in [2.24, 2.45) is 0 Å². The van der Waals surface area contributed by atoms with Gasteiger partial charge in [0, 0.05) is 17.9 Å². The molecule has 2 N–H and O–H groups in total. The summed E-state index contributed by atoms with van der Waals surface area (Å²) in [5, 5.41) is 15.0. The number of nitrogens with zero attached hydrogens (tertiary/aromatic N) is 1. The van der Waals surface area contributed by atoms with Gasteiger partial charge in [-0.2, -0.15) is 5.26 Å². The van der Waals surface area contributed by atoms with Gasteiger partial charge in [0.15, 0.2) is 0 Å². The molecule has 2 aromatic rings. The number of amides is 1. The van der Waals surface area contributed by atoms with E-state index in [0.29, 0.717) is 11.3 Å². The van der Waals surface area contributed by atoms with Crippen LogP contribution >= 0.6 is 0 Å². The number of nitrogens with one attached hydrogen (secondary N) is 2. The van der Waals surface area contributed by atoms with Crippen molar-refractivity contribution in [3.8, 4) is 11.8 Å². The smallest absolute Gasteiger partial charge is 0.338 e. The summed E-state index contributed by atoms with van der Waals surface area (Å²) < 4.78 is 10.0. The first-order valence-corrected chi connectivity index (χ1v) is 9.07. The van der Waals surface area contributed by atoms with Gasteiger partial charge in [0.05, 0.1) is 19.3 Å². The summed E-state index contributed by atoms with van der Waals surface area (Å²) in [6.07, 6.45) is 1.39. The zero-order valence-electron chi connectivity index (χ0n) is 16.6. The van der Waals surface area contributed by atoms with Crippen molar-refractivity contribution in [2.45, 2.75) is 19.9 Å². The van der Waals surface area contributed by atoms with Crippen LogP contribution in [0.15, 0.2) is 60.3 Å². The number of ether oxygens (including phenoxy) is 2. The predicted molar refractivity (Wildman–Crippen MR) is 109 cm³/mol. The molecule has 0 saturated carbocycles. The van der Waals surface area contributed by atoms with E-state index >= 15 is 0 Å². The fraction of sp³-hybridized carbons (Fsp3) is 0.227. The predicted octanol–water partition coefficient (Wildman–Crippen LogP) is 3.57. The van der Waals surface area contributed by atoms with Gasteiger partial charge in [0.2, 0.25) is 0 Å². The molecule has 2 aromatic carbocycles. The molecule has 1 unspecified atom stereocenters. The lowest BCUT2D eigenvalue weighted by atomic mass is 10.1. The average Bonchev–Trinajstić information content (AvgIpc) is 2.74. The Morgan fingerprint density at radius 2 is 1.79 bits per heavy atom. The maximum absolute atomic E-state index is 12.3. The van der Waals surface area contributed by atoms with Gasteiger partial charge in [-0.15, -0.1) is 0 Å². The van der Waals surface area contributed by atoms with Crippen molar-refractivity contribution in [1.82, 2.24) is 5.32 Å². The quantitative estimate of drug-likeness (QED) is 0.404. The minimum Gasteiger partial charge on any atom is -0.497 e. The van der Waals surface area contributed by atoms with Crippen LogP contribution in [0.5, 0.6) is 5.75 Å². The highest BCUT2D eigenvalue weighted by Gasteiger charge is 2.12. The summed E-state index contributed by atoms with van der Waals surface area (Å²) in [4.78, 5) is 24.0. The maximum atomic E-state index is 12.3. The molecular weight excluding hydrogens is 370 g/mol. The molecule has 2 rings (SSSR count). The second-order valence-electron chi connectivity index (χ2n) is 6.08. The molecule has 7 heteroatoms. The number of hydrogen-bond donors (Lipinski definition) is 2. The zero-order chi connectivity index (χ0) is 21.2. The Hall–Kier alpha value is -3.79. The molecular formula is C22H23N3O4. The molecule has 0 radical (unpaired) electrons. The van der Waals surface area contributed by atoms with E-state index in [2.05, 4.69) is 10.6 Å². The van der Waals surface area contributed by atoms with E-state index < -0.39 is 11.9 Å².